The van der Waals surface area contributed by atoms with Gasteiger partial charge in [0, 0.05) is 42.1 Å². The maximum atomic E-state index is 13.3. The molecule has 160 valence electrons. The zero-order chi connectivity index (χ0) is 21.6. The van der Waals surface area contributed by atoms with Crippen molar-refractivity contribution in [3.8, 4) is 0 Å². The number of amides is 4. The molecule has 2 aliphatic rings. The van der Waals surface area contributed by atoms with Crippen LogP contribution in [0.3, 0.4) is 0 Å². The number of hydrogen-bond donors (Lipinski definition) is 1. The molecular formula is C23H30N4O3. The van der Waals surface area contributed by atoms with Gasteiger partial charge in [-0.15, -0.1) is 0 Å². The molecule has 1 aromatic heterocycles. The van der Waals surface area contributed by atoms with Gasteiger partial charge in [-0.2, -0.15) is 0 Å². The summed E-state index contributed by atoms with van der Waals surface area (Å²) in [7, 11) is 0. The molecule has 1 atom stereocenters. The highest BCUT2D eigenvalue weighted by molar-refractivity contribution is 6.04. The summed E-state index contributed by atoms with van der Waals surface area (Å²) in [6.07, 6.45) is 2.15. The third-order valence-corrected chi connectivity index (χ3v) is 5.93. The van der Waals surface area contributed by atoms with Crippen LogP contribution >= 0.6 is 0 Å². The quantitative estimate of drug-likeness (QED) is 0.788. The van der Waals surface area contributed by atoms with Crippen molar-refractivity contribution in [3.05, 3.63) is 36.0 Å². The number of para-hydroxylation sites is 1. The predicted molar refractivity (Wildman–Crippen MR) is 115 cm³/mol. The number of imide groups is 1. The van der Waals surface area contributed by atoms with Crippen LogP contribution in [0.1, 0.15) is 33.3 Å². The van der Waals surface area contributed by atoms with E-state index in [0.29, 0.717) is 19.6 Å². The molecule has 0 radical (unpaired) electrons. The fraction of sp³-hybridized carbons (Fsp3) is 0.522. The summed E-state index contributed by atoms with van der Waals surface area (Å²) in [6, 6.07) is 7.10. The first-order valence-electron chi connectivity index (χ1n) is 10.6. The van der Waals surface area contributed by atoms with Gasteiger partial charge in [-0.25, -0.2) is 4.79 Å². The molecule has 1 N–H and O–H groups in total. The molecule has 7 heteroatoms. The van der Waals surface area contributed by atoms with Crippen LogP contribution in [0.25, 0.3) is 10.9 Å². The van der Waals surface area contributed by atoms with Crippen LogP contribution in [-0.2, 0) is 16.0 Å². The Hall–Kier alpha value is -2.83. The summed E-state index contributed by atoms with van der Waals surface area (Å²) in [5, 5.41) is 1.04. The Kier molecular flexibility index (Phi) is 5.08. The van der Waals surface area contributed by atoms with Gasteiger partial charge in [0.15, 0.2) is 0 Å². The number of fused-ring (bicyclic) bond motifs is 2. The second-order valence-electron chi connectivity index (χ2n) is 9.74. The van der Waals surface area contributed by atoms with E-state index in [1.165, 1.54) is 4.90 Å². The molecule has 2 saturated heterocycles. The standard InChI is InChI=1S/C23H30N4O3/c1-15(2)11-26-21(29)19-12-25(13-23(3,4)14-27(19)22(26)30)20(28)9-16-10-24-18-8-6-5-7-17(16)18/h5-8,10,15,19,24H,9,11-14H2,1-4H3. The number of urea groups is 1. The minimum Gasteiger partial charge on any atom is -0.361 e. The maximum Gasteiger partial charge on any atom is 0.327 e. The summed E-state index contributed by atoms with van der Waals surface area (Å²) < 4.78 is 0. The van der Waals surface area contributed by atoms with Gasteiger partial charge in [-0.05, 0) is 17.5 Å². The van der Waals surface area contributed by atoms with Crippen molar-refractivity contribution in [3.63, 3.8) is 0 Å². The van der Waals surface area contributed by atoms with Crippen LogP contribution in [0, 0.1) is 11.3 Å². The van der Waals surface area contributed by atoms with Gasteiger partial charge in [0.1, 0.15) is 6.04 Å². The summed E-state index contributed by atoms with van der Waals surface area (Å²) in [5.41, 5.74) is 1.65. The fourth-order valence-corrected chi connectivity index (χ4v) is 4.63. The SMILES string of the molecule is CC(C)CN1C(=O)C2CN(C(=O)Cc3c[nH]c4ccccc34)CC(C)(C)CN2C1=O. The number of carbonyl (C=O) groups excluding carboxylic acids is 3. The lowest BCUT2D eigenvalue weighted by Crippen LogP contribution is -2.44. The minimum atomic E-state index is -0.593. The van der Waals surface area contributed by atoms with E-state index < -0.39 is 6.04 Å². The minimum absolute atomic E-state index is 0.0164. The molecule has 2 fully saturated rings. The van der Waals surface area contributed by atoms with Crippen LogP contribution < -0.4 is 0 Å². The Morgan fingerprint density at radius 1 is 1.20 bits per heavy atom. The van der Waals surface area contributed by atoms with Crippen molar-refractivity contribution < 1.29 is 14.4 Å². The molecule has 0 bridgehead atoms. The lowest BCUT2D eigenvalue weighted by Gasteiger charge is -2.31. The molecule has 30 heavy (non-hydrogen) atoms. The topological polar surface area (TPSA) is 76.7 Å². The summed E-state index contributed by atoms with van der Waals surface area (Å²) in [4.78, 5) is 47.2. The number of carbonyl (C=O) groups is 3. The van der Waals surface area contributed by atoms with Crippen LogP contribution in [0.4, 0.5) is 4.79 Å². The third kappa shape index (κ3) is 3.68. The molecule has 2 aromatic rings. The van der Waals surface area contributed by atoms with E-state index in [1.807, 2.05) is 58.2 Å². The van der Waals surface area contributed by atoms with Gasteiger partial charge in [-0.3, -0.25) is 14.5 Å². The van der Waals surface area contributed by atoms with Crippen LogP contribution in [0.15, 0.2) is 30.5 Å². The normalized spacial score (nSPS) is 21.5. The van der Waals surface area contributed by atoms with Gasteiger partial charge < -0.3 is 14.8 Å². The zero-order valence-electron chi connectivity index (χ0n) is 18.1. The molecule has 7 nitrogen and oxygen atoms in total. The molecular weight excluding hydrogens is 380 g/mol. The number of rotatable bonds is 4. The van der Waals surface area contributed by atoms with Crippen molar-refractivity contribution >= 4 is 28.7 Å². The monoisotopic (exact) mass is 410 g/mol. The molecule has 2 aliphatic heterocycles. The first-order valence-corrected chi connectivity index (χ1v) is 10.6. The largest absolute Gasteiger partial charge is 0.361 e. The number of nitrogens with zero attached hydrogens (tertiary/aromatic N) is 3. The number of nitrogens with one attached hydrogen (secondary N) is 1. The van der Waals surface area contributed by atoms with Crippen molar-refractivity contribution in [2.24, 2.45) is 11.3 Å². The van der Waals surface area contributed by atoms with Crippen LogP contribution in [-0.4, -0.2) is 69.8 Å². The second kappa shape index (κ2) is 7.45. The van der Waals surface area contributed by atoms with Gasteiger partial charge in [0.25, 0.3) is 5.91 Å². The van der Waals surface area contributed by atoms with E-state index >= 15 is 0 Å². The highest BCUT2D eigenvalue weighted by Crippen LogP contribution is 2.31. The van der Waals surface area contributed by atoms with Gasteiger partial charge in [0.05, 0.1) is 13.0 Å². The lowest BCUT2D eigenvalue weighted by atomic mass is 9.92. The zero-order valence-corrected chi connectivity index (χ0v) is 18.1. The molecule has 0 aliphatic carbocycles. The Morgan fingerprint density at radius 3 is 2.67 bits per heavy atom. The average Bonchev–Trinajstić information content (AvgIpc) is 3.11. The van der Waals surface area contributed by atoms with E-state index in [4.69, 9.17) is 0 Å². The number of hydrogen-bond acceptors (Lipinski definition) is 3. The fourth-order valence-electron chi connectivity index (χ4n) is 4.63. The highest BCUT2D eigenvalue weighted by Gasteiger charge is 2.50. The molecule has 3 heterocycles. The molecule has 1 aromatic carbocycles. The lowest BCUT2D eigenvalue weighted by molar-refractivity contribution is -0.133. The van der Waals surface area contributed by atoms with Crippen molar-refractivity contribution in [2.45, 2.75) is 40.2 Å². The molecule has 4 rings (SSSR count). The van der Waals surface area contributed by atoms with Crippen molar-refractivity contribution in [1.82, 2.24) is 19.7 Å². The smallest absolute Gasteiger partial charge is 0.327 e. The highest BCUT2D eigenvalue weighted by atomic mass is 16.2. The van der Waals surface area contributed by atoms with Crippen LogP contribution in [0.2, 0.25) is 0 Å². The number of aromatic amines is 1. The van der Waals surface area contributed by atoms with E-state index in [0.717, 1.165) is 16.5 Å². The van der Waals surface area contributed by atoms with Crippen molar-refractivity contribution in [2.75, 3.05) is 26.2 Å². The summed E-state index contributed by atoms with van der Waals surface area (Å²) >= 11 is 0. The summed E-state index contributed by atoms with van der Waals surface area (Å²) in [5.74, 6) is 0.00240. The van der Waals surface area contributed by atoms with E-state index in [9.17, 15) is 14.4 Å². The Balaban J connectivity index is 1.57. The second-order valence-corrected chi connectivity index (χ2v) is 9.74. The summed E-state index contributed by atoms with van der Waals surface area (Å²) in [6.45, 7) is 9.72. The van der Waals surface area contributed by atoms with Crippen LogP contribution in [0.5, 0.6) is 0 Å². The maximum absolute atomic E-state index is 13.3. The molecule has 4 amide bonds. The molecule has 0 saturated carbocycles. The van der Waals surface area contributed by atoms with E-state index in [2.05, 4.69) is 4.98 Å². The number of benzene rings is 1. The number of H-pyrrole nitrogens is 1. The number of aromatic nitrogens is 1. The third-order valence-electron chi connectivity index (χ3n) is 5.93. The Labute approximate surface area is 177 Å². The Morgan fingerprint density at radius 2 is 1.93 bits per heavy atom. The first kappa shape index (κ1) is 20.4. The van der Waals surface area contributed by atoms with Gasteiger partial charge >= 0.3 is 6.03 Å². The van der Waals surface area contributed by atoms with Gasteiger partial charge in [0.2, 0.25) is 5.91 Å². The van der Waals surface area contributed by atoms with E-state index in [1.54, 1.807) is 9.80 Å². The van der Waals surface area contributed by atoms with Gasteiger partial charge in [-0.1, -0.05) is 45.9 Å². The van der Waals surface area contributed by atoms with E-state index in [-0.39, 0.29) is 42.1 Å². The molecule has 1 unspecified atom stereocenters. The Bertz CT molecular complexity index is 993. The molecule has 0 spiro atoms. The van der Waals surface area contributed by atoms with Crippen molar-refractivity contribution in [1.29, 1.82) is 0 Å². The first-order chi connectivity index (χ1) is 14.2. The predicted octanol–water partition coefficient (Wildman–Crippen LogP) is 2.87. The average molecular weight is 411 g/mol.